The number of fused-ring (bicyclic) bond motifs is 1. The first kappa shape index (κ1) is 12.4. The van der Waals surface area contributed by atoms with Crippen LogP contribution in [0.3, 0.4) is 0 Å². The summed E-state index contributed by atoms with van der Waals surface area (Å²) in [5.41, 5.74) is 0. The third-order valence-electron chi connectivity index (χ3n) is 4.35. The van der Waals surface area contributed by atoms with E-state index in [1.165, 1.54) is 4.90 Å². The van der Waals surface area contributed by atoms with Crippen LogP contribution in [0.15, 0.2) is 0 Å². The molecule has 19 heavy (non-hydrogen) atoms. The molecular formula is C13H19N3O3. The molecule has 0 unspecified atom stereocenters. The normalized spacial score (nSPS) is 31.1. The molecule has 0 aromatic rings. The van der Waals surface area contributed by atoms with Gasteiger partial charge in [0, 0.05) is 25.6 Å². The highest BCUT2D eigenvalue weighted by Crippen LogP contribution is 2.31. The Morgan fingerprint density at radius 1 is 1.21 bits per heavy atom. The summed E-state index contributed by atoms with van der Waals surface area (Å²) in [5.74, 6) is -0.0708. The zero-order chi connectivity index (χ0) is 13.7. The average Bonchev–Trinajstić information content (AvgIpc) is 2.99. The molecule has 6 nitrogen and oxygen atoms in total. The molecule has 3 heterocycles. The van der Waals surface area contributed by atoms with Crippen LogP contribution in [0, 0.1) is 0 Å². The molecule has 104 valence electrons. The van der Waals surface area contributed by atoms with Gasteiger partial charge in [0.25, 0.3) is 5.91 Å². The molecule has 0 radical (unpaired) electrons. The molecule has 3 saturated heterocycles. The van der Waals surface area contributed by atoms with Gasteiger partial charge in [-0.15, -0.1) is 0 Å². The van der Waals surface area contributed by atoms with Gasteiger partial charge >= 0.3 is 6.03 Å². The van der Waals surface area contributed by atoms with Crippen LogP contribution in [0.4, 0.5) is 4.79 Å². The van der Waals surface area contributed by atoms with Crippen molar-refractivity contribution in [3.63, 3.8) is 0 Å². The highest BCUT2D eigenvalue weighted by Gasteiger charge is 2.52. The van der Waals surface area contributed by atoms with E-state index >= 15 is 0 Å². The number of carbonyl (C=O) groups is 3. The summed E-state index contributed by atoms with van der Waals surface area (Å²) in [6.07, 6.45) is 1.93. The van der Waals surface area contributed by atoms with E-state index in [0.29, 0.717) is 13.1 Å². The second-order valence-corrected chi connectivity index (χ2v) is 5.84. The fraction of sp³-hybridized carbons (Fsp3) is 0.769. The summed E-state index contributed by atoms with van der Waals surface area (Å²) in [6.45, 7) is 5.05. The van der Waals surface area contributed by atoms with E-state index in [4.69, 9.17) is 0 Å². The minimum Gasteiger partial charge on any atom is -0.338 e. The Kier molecular flexibility index (Phi) is 2.76. The maximum absolute atomic E-state index is 12.3. The number of hydrogen-bond acceptors (Lipinski definition) is 3. The zero-order valence-corrected chi connectivity index (χ0v) is 11.3. The maximum Gasteiger partial charge on any atom is 0.327 e. The Morgan fingerprint density at radius 3 is 2.53 bits per heavy atom. The fourth-order valence-corrected chi connectivity index (χ4v) is 3.37. The molecule has 0 bridgehead atoms. The van der Waals surface area contributed by atoms with Crippen LogP contribution in [0.5, 0.6) is 0 Å². The molecule has 3 fully saturated rings. The van der Waals surface area contributed by atoms with Crippen LogP contribution in [0.25, 0.3) is 0 Å². The molecule has 2 atom stereocenters. The molecule has 0 spiro atoms. The number of urea groups is 1. The van der Waals surface area contributed by atoms with Crippen molar-refractivity contribution < 1.29 is 14.4 Å². The maximum atomic E-state index is 12.3. The van der Waals surface area contributed by atoms with Gasteiger partial charge in [-0.1, -0.05) is 0 Å². The van der Waals surface area contributed by atoms with Gasteiger partial charge in [0.1, 0.15) is 6.04 Å². The molecule has 3 aliphatic heterocycles. The van der Waals surface area contributed by atoms with E-state index in [9.17, 15) is 14.4 Å². The lowest BCUT2D eigenvalue weighted by molar-refractivity contribution is -0.129. The lowest BCUT2D eigenvalue weighted by Crippen LogP contribution is -2.44. The van der Waals surface area contributed by atoms with Crippen molar-refractivity contribution in [3.8, 4) is 0 Å². The predicted octanol–water partition coefficient (Wildman–Crippen LogP) is 0.422. The molecule has 0 aliphatic carbocycles. The first-order valence-electron chi connectivity index (χ1n) is 6.94. The topological polar surface area (TPSA) is 60.9 Å². The van der Waals surface area contributed by atoms with Crippen LogP contribution in [0.1, 0.15) is 33.1 Å². The van der Waals surface area contributed by atoms with Crippen molar-refractivity contribution in [2.45, 2.75) is 51.2 Å². The van der Waals surface area contributed by atoms with Gasteiger partial charge in [-0.25, -0.2) is 4.79 Å². The van der Waals surface area contributed by atoms with E-state index in [2.05, 4.69) is 0 Å². The van der Waals surface area contributed by atoms with E-state index in [0.717, 1.165) is 12.8 Å². The minimum atomic E-state index is -0.277. The molecule has 0 aromatic carbocycles. The number of hydrogen-bond donors (Lipinski definition) is 0. The monoisotopic (exact) mass is 265 g/mol. The summed E-state index contributed by atoms with van der Waals surface area (Å²) in [4.78, 5) is 41.2. The molecule has 4 amide bonds. The van der Waals surface area contributed by atoms with Gasteiger partial charge in [0.2, 0.25) is 5.91 Å². The minimum absolute atomic E-state index is 0.0349. The second-order valence-electron chi connectivity index (χ2n) is 5.84. The second kappa shape index (κ2) is 4.21. The van der Waals surface area contributed by atoms with Crippen molar-refractivity contribution in [1.82, 2.24) is 14.7 Å². The summed E-state index contributed by atoms with van der Waals surface area (Å²) in [7, 11) is 0. The summed E-state index contributed by atoms with van der Waals surface area (Å²) >= 11 is 0. The van der Waals surface area contributed by atoms with Gasteiger partial charge in [-0.3, -0.25) is 14.5 Å². The van der Waals surface area contributed by atoms with Gasteiger partial charge in [0.05, 0.1) is 6.04 Å². The lowest BCUT2D eigenvalue weighted by Gasteiger charge is -2.24. The Labute approximate surface area is 112 Å². The van der Waals surface area contributed by atoms with E-state index in [-0.39, 0.29) is 42.4 Å². The smallest absolute Gasteiger partial charge is 0.327 e. The largest absolute Gasteiger partial charge is 0.338 e. The van der Waals surface area contributed by atoms with Crippen LogP contribution in [-0.4, -0.2) is 63.8 Å². The number of amides is 4. The number of likely N-dealkylation sites (tertiary alicyclic amines) is 1. The Morgan fingerprint density at radius 2 is 1.95 bits per heavy atom. The van der Waals surface area contributed by atoms with Crippen LogP contribution in [0.2, 0.25) is 0 Å². The van der Waals surface area contributed by atoms with Crippen molar-refractivity contribution in [2.24, 2.45) is 0 Å². The first-order chi connectivity index (χ1) is 9.00. The predicted molar refractivity (Wildman–Crippen MR) is 67.2 cm³/mol. The Bertz CT molecular complexity index is 426. The van der Waals surface area contributed by atoms with Gasteiger partial charge < -0.3 is 9.80 Å². The Hall–Kier alpha value is -1.59. The number of imide groups is 1. The third kappa shape index (κ3) is 1.73. The number of rotatable bonds is 2. The van der Waals surface area contributed by atoms with Crippen molar-refractivity contribution >= 4 is 17.8 Å². The summed E-state index contributed by atoms with van der Waals surface area (Å²) < 4.78 is 0. The standard InChI is InChI=1S/C13H19N3O3/c1-8(2)15-7-9(6-11(15)17)16-12(18)10-4-3-5-14(10)13(16)19/h8-10H,3-7H2,1-2H3/t9-,10+/m0/s1. The summed E-state index contributed by atoms with van der Waals surface area (Å²) in [5, 5.41) is 0. The van der Waals surface area contributed by atoms with Gasteiger partial charge in [0.15, 0.2) is 0 Å². The van der Waals surface area contributed by atoms with Crippen molar-refractivity contribution in [3.05, 3.63) is 0 Å². The molecular weight excluding hydrogens is 246 g/mol. The highest BCUT2D eigenvalue weighted by atomic mass is 16.2. The molecule has 0 saturated carbocycles. The van der Waals surface area contributed by atoms with Crippen LogP contribution >= 0.6 is 0 Å². The van der Waals surface area contributed by atoms with Crippen LogP contribution < -0.4 is 0 Å². The van der Waals surface area contributed by atoms with Gasteiger partial charge in [-0.2, -0.15) is 0 Å². The van der Waals surface area contributed by atoms with Crippen molar-refractivity contribution in [2.75, 3.05) is 13.1 Å². The Balaban J connectivity index is 1.79. The SMILES string of the molecule is CC(C)N1C[C@@H](N2C(=O)[C@H]3CCCN3C2=O)CC1=O. The fourth-order valence-electron chi connectivity index (χ4n) is 3.37. The van der Waals surface area contributed by atoms with E-state index in [1.807, 2.05) is 13.8 Å². The number of carbonyl (C=O) groups excluding carboxylic acids is 3. The molecule has 6 heteroatoms. The quantitative estimate of drug-likeness (QED) is 0.680. The highest BCUT2D eigenvalue weighted by molar-refractivity contribution is 6.05. The summed E-state index contributed by atoms with van der Waals surface area (Å²) in [6, 6.07) is -0.628. The van der Waals surface area contributed by atoms with E-state index < -0.39 is 0 Å². The lowest BCUT2D eigenvalue weighted by atomic mass is 10.2. The average molecular weight is 265 g/mol. The van der Waals surface area contributed by atoms with Crippen LogP contribution in [-0.2, 0) is 9.59 Å². The molecule has 0 aromatic heterocycles. The molecule has 3 aliphatic rings. The zero-order valence-electron chi connectivity index (χ0n) is 11.3. The van der Waals surface area contributed by atoms with E-state index in [1.54, 1.807) is 9.80 Å². The number of nitrogens with zero attached hydrogens (tertiary/aromatic N) is 3. The third-order valence-corrected chi connectivity index (χ3v) is 4.35. The first-order valence-corrected chi connectivity index (χ1v) is 6.94. The molecule has 0 N–H and O–H groups in total. The van der Waals surface area contributed by atoms with Gasteiger partial charge in [-0.05, 0) is 26.7 Å². The van der Waals surface area contributed by atoms with Crippen molar-refractivity contribution in [1.29, 1.82) is 0 Å². The molecule has 3 rings (SSSR count).